The van der Waals surface area contributed by atoms with Gasteiger partial charge in [-0.25, -0.2) is 0 Å². The molecule has 0 aliphatic heterocycles. The van der Waals surface area contributed by atoms with Gasteiger partial charge in [-0.1, -0.05) is 19.1 Å². The molecule has 2 heteroatoms. The molecule has 2 nitrogen and oxygen atoms in total. The van der Waals surface area contributed by atoms with Gasteiger partial charge < -0.3 is 10.2 Å². The van der Waals surface area contributed by atoms with Crippen LogP contribution in [-0.2, 0) is 0 Å². The maximum atomic E-state index is 10.4. The zero-order valence-corrected chi connectivity index (χ0v) is 12.5. The Morgan fingerprint density at radius 3 is 2.65 bits per heavy atom. The molecule has 3 fully saturated rings. The third-order valence-corrected chi connectivity index (χ3v) is 7.45. The van der Waals surface area contributed by atoms with E-state index >= 15 is 0 Å². The van der Waals surface area contributed by atoms with E-state index in [4.69, 9.17) is 0 Å². The fourth-order valence-electron chi connectivity index (χ4n) is 6.35. The van der Waals surface area contributed by atoms with Crippen molar-refractivity contribution < 1.29 is 10.2 Å². The van der Waals surface area contributed by atoms with Crippen LogP contribution < -0.4 is 0 Å². The van der Waals surface area contributed by atoms with E-state index < -0.39 is 0 Å². The fourth-order valence-corrected chi connectivity index (χ4v) is 6.35. The van der Waals surface area contributed by atoms with Crippen LogP contribution in [0, 0.1) is 35.0 Å². The van der Waals surface area contributed by atoms with Crippen molar-refractivity contribution in [3.63, 3.8) is 0 Å². The number of fused-ring (bicyclic) bond motifs is 5. The Morgan fingerprint density at radius 1 is 0.950 bits per heavy atom. The van der Waals surface area contributed by atoms with Gasteiger partial charge in [0.15, 0.2) is 0 Å². The molecule has 3 saturated carbocycles. The van der Waals surface area contributed by atoms with Gasteiger partial charge in [0.2, 0.25) is 0 Å². The molecule has 0 amide bonds. The molecule has 0 radical (unpaired) electrons. The van der Waals surface area contributed by atoms with Gasteiger partial charge in [0, 0.05) is 0 Å². The maximum Gasteiger partial charge on any atom is 0.0723 e. The number of rotatable bonds is 0. The summed E-state index contributed by atoms with van der Waals surface area (Å²) in [6, 6.07) is 0. The van der Waals surface area contributed by atoms with Gasteiger partial charge >= 0.3 is 0 Å². The summed E-state index contributed by atoms with van der Waals surface area (Å²) in [4.78, 5) is 0. The minimum atomic E-state index is -0.199. The zero-order chi connectivity index (χ0) is 13.9. The summed E-state index contributed by atoms with van der Waals surface area (Å²) in [5.41, 5.74) is 0.200. The van der Waals surface area contributed by atoms with Gasteiger partial charge in [0.05, 0.1) is 12.2 Å². The van der Waals surface area contributed by atoms with Crippen LogP contribution in [0.1, 0.15) is 51.9 Å². The lowest BCUT2D eigenvalue weighted by atomic mass is 9.51. The van der Waals surface area contributed by atoms with Crippen molar-refractivity contribution in [2.24, 2.45) is 35.0 Å². The average molecular weight is 276 g/mol. The van der Waals surface area contributed by atoms with Crippen LogP contribution in [0.4, 0.5) is 0 Å². The normalized spacial score (nSPS) is 57.9. The van der Waals surface area contributed by atoms with Gasteiger partial charge in [-0.05, 0) is 80.0 Å². The van der Waals surface area contributed by atoms with Crippen LogP contribution in [0.15, 0.2) is 12.2 Å². The Kier molecular flexibility index (Phi) is 3.05. The summed E-state index contributed by atoms with van der Waals surface area (Å²) >= 11 is 0. The second-order valence-electron chi connectivity index (χ2n) is 8.17. The summed E-state index contributed by atoms with van der Waals surface area (Å²) in [7, 11) is 0. The van der Waals surface area contributed by atoms with Crippen molar-refractivity contribution in [3.8, 4) is 0 Å². The number of hydrogen-bond acceptors (Lipinski definition) is 2. The van der Waals surface area contributed by atoms with E-state index in [9.17, 15) is 10.2 Å². The number of aliphatic hydroxyl groups is 2. The molecule has 112 valence electrons. The first kappa shape index (κ1) is 13.3. The smallest absolute Gasteiger partial charge is 0.0723 e. The SMILES string of the molecule is C[C@]12CCC3C(CC[C@@H]4C[C@@H](O)C=CC34)C1CC[C@H]2O. The molecule has 0 saturated heterocycles. The van der Waals surface area contributed by atoms with Crippen LogP contribution in [-0.4, -0.2) is 22.4 Å². The molecule has 0 aromatic rings. The van der Waals surface area contributed by atoms with Crippen molar-refractivity contribution in [2.75, 3.05) is 0 Å². The average Bonchev–Trinajstić information content (AvgIpc) is 2.74. The molecule has 0 aromatic carbocycles. The van der Waals surface area contributed by atoms with Gasteiger partial charge in [-0.2, -0.15) is 0 Å². The van der Waals surface area contributed by atoms with Crippen molar-refractivity contribution in [1.29, 1.82) is 0 Å². The molecule has 0 heterocycles. The van der Waals surface area contributed by atoms with Gasteiger partial charge in [-0.3, -0.25) is 0 Å². The Balaban J connectivity index is 1.61. The number of aliphatic hydroxyl groups excluding tert-OH is 2. The summed E-state index contributed by atoms with van der Waals surface area (Å²) in [5.74, 6) is 3.82. The molecule has 0 spiro atoms. The lowest BCUT2D eigenvalue weighted by Gasteiger charge is -2.54. The minimum Gasteiger partial charge on any atom is -0.393 e. The molecule has 8 atom stereocenters. The fraction of sp³-hybridized carbons (Fsp3) is 0.889. The molecule has 4 aliphatic carbocycles. The Labute approximate surface area is 122 Å². The van der Waals surface area contributed by atoms with E-state index in [1.54, 1.807) is 0 Å². The first-order chi connectivity index (χ1) is 9.59. The van der Waals surface area contributed by atoms with Crippen molar-refractivity contribution in [2.45, 2.75) is 64.1 Å². The van der Waals surface area contributed by atoms with Crippen molar-refractivity contribution in [3.05, 3.63) is 12.2 Å². The predicted molar refractivity (Wildman–Crippen MR) is 79.0 cm³/mol. The first-order valence-electron chi connectivity index (χ1n) is 8.64. The highest BCUT2D eigenvalue weighted by molar-refractivity contribution is 5.11. The molecule has 0 aromatic heterocycles. The van der Waals surface area contributed by atoms with Crippen LogP contribution in [0.25, 0.3) is 0 Å². The standard InChI is InChI=1S/C18H28O2/c1-18-9-8-14-13-5-3-12(19)10-11(13)2-4-15(14)16(18)6-7-17(18)20/h3,5,11-17,19-20H,2,4,6-10H2,1H3/t11-,12+,13?,14?,15?,16?,17-,18+/m1/s1. The van der Waals surface area contributed by atoms with Crippen molar-refractivity contribution >= 4 is 0 Å². The highest BCUT2D eigenvalue weighted by Gasteiger charge is 2.56. The van der Waals surface area contributed by atoms with Crippen LogP contribution in [0.3, 0.4) is 0 Å². The summed E-state index contributed by atoms with van der Waals surface area (Å²) in [6.45, 7) is 2.35. The number of hydrogen-bond donors (Lipinski definition) is 2. The van der Waals surface area contributed by atoms with Gasteiger partial charge in [0.25, 0.3) is 0 Å². The third-order valence-electron chi connectivity index (χ3n) is 7.45. The molecular formula is C18H28O2. The Hall–Kier alpha value is -0.340. The number of allylic oxidation sites excluding steroid dienone is 1. The van der Waals surface area contributed by atoms with Crippen LogP contribution in [0.2, 0.25) is 0 Å². The van der Waals surface area contributed by atoms with E-state index in [1.807, 2.05) is 6.08 Å². The second kappa shape index (κ2) is 4.58. The summed E-state index contributed by atoms with van der Waals surface area (Å²) in [5, 5.41) is 20.2. The van der Waals surface area contributed by atoms with Gasteiger partial charge in [0.1, 0.15) is 0 Å². The predicted octanol–water partition coefficient (Wildman–Crippen LogP) is 3.14. The summed E-state index contributed by atoms with van der Waals surface area (Å²) < 4.78 is 0. The van der Waals surface area contributed by atoms with E-state index in [0.717, 1.165) is 30.6 Å². The van der Waals surface area contributed by atoms with E-state index in [-0.39, 0.29) is 17.6 Å². The maximum absolute atomic E-state index is 10.4. The molecule has 20 heavy (non-hydrogen) atoms. The van der Waals surface area contributed by atoms with Gasteiger partial charge in [-0.15, -0.1) is 0 Å². The lowest BCUT2D eigenvalue weighted by Crippen LogP contribution is -2.48. The topological polar surface area (TPSA) is 40.5 Å². The van der Waals surface area contributed by atoms with E-state index in [0.29, 0.717) is 11.8 Å². The molecule has 4 aliphatic rings. The highest BCUT2D eigenvalue weighted by atomic mass is 16.3. The lowest BCUT2D eigenvalue weighted by molar-refractivity contribution is -0.0703. The molecule has 4 unspecified atom stereocenters. The van der Waals surface area contributed by atoms with E-state index in [1.165, 1.54) is 32.1 Å². The van der Waals surface area contributed by atoms with Crippen LogP contribution >= 0.6 is 0 Å². The zero-order valence-electron chi connectivity index (χ0n) is 12.5. The quantitative estimate of drug-likeness (QED) is 0.667. The second-order valence-corrected chi connectivity index (χ2v) is 8.17. The largest absolute Gasteiger partial charge is 0.393 e. The van der Waals surface area contributed by atoms with Crippen LogP contribution in [0.5, 0.6) is 0 Å². The highest BCUT2D eigenvalue weighted by Crippen LogP contribution is 2.61. The molecule has 0 bridgehead atoms. The third kappa shape index (κ3) is 1.77. The first-order valence-corrected chi connectivity index (χ1v) is 8.64. The van der Waals surface area contributed by atoms with E-state index in [2.05, 4.69) is 13.0 Å². The minimum absolute atomic E-state index is 0.0603. The molecule has 2 N–H and O–H groups in total. The molecular weight excluding hydrogens is 248 g/mol. The van der Waals surface area contributed by atoms with Crippen molar-refractivity contribution in [1.82, 2.24) is 0 Å². The molecule has 4 rings (SSSR count). The monoisotopic (exact) mass is 276 g/mol. The summed E-state index contributed by atoms with van der Waals surface area (Å²) in [6.07, 6.45) is 12.5. The Bertz CT molecular complexity index is 418. The Morgan fingerprint density at radius 2 is 1.80 bits per heavy atom.